The van der Waals surface area contributed by atoms with Gasteiger partial charge in [0.15, 0.2) is 5.84 Å². The van der Waals surface area contributed by atoms with Crippen molar-refractivity contribution in [3.63, 3.8) is 0 Å². The Balaban J connectivity index is 4.11. The normalized spacial score (nSPS) is 12.0. The van der Waals surface area contributed by atoms with Crippen LogP contribution in [0.25, 0.3) is 0 Å². The minimum Gasteiger partial charge on any atom is -0.448 e. The van der Waals surface area contributed by atoms with E-state index in [1.807, 2.05) is 0 Å². The molecule has 0 aliphatic carbocycles. The molecule has 92 valence electrons. The van der Waals surface area contributed by atoms with E-state index < -0.39 is 17.4 Å². The lowest BCUT2D eigenvalue weighted by atomic mass is 9.91. The fourth-order valence-electron chi connectivity index (χ4n) is 0.778. The average Bonchev–Trinajstić information content (AvgIpc) is 2.22. The molecule has 0 heterocycles. The summed E-state index contributed by atoms with van der Waals surface area (Å²) in [4.78, 5) is 21.8. The molecule has 0 aromatic carbocycles. The van der Waals surface area contributed by atoms with Gasteiger partial charge in [-0.1, -0.05) is 5.16 Å². The highest BCUT2D eigenvalue weighted by atomic mass is 16.5. The smallest absolute Gasteiger partial charge is 0.404 e. The van der Waals surface area contributed by atoms with Gasteiger partial charge in [0, 0.05) is 0 Å². The van der Waals surface area contributed by atoms with E-state index in [1.54, 1.807) is 0 Å². The predicted molar refractivity (Wildman–Crippen MR) is 55.7 cm³/mol. The quantitative estimate of drug-likeness (QED) is 0.158. The van der Waals surface area contributed by atoms with E-state index in [4.69, 9.17) is 16.7 Å². The van der Waals surface area contributed by atoms with E-state index in [-0.39, 0.29) is 19.0 Å². The summed E-state index contributed by atoms with van der Waals surface area (Å²) < 4.78 is 4.40. The molecule has 0 fully saturated rings. The van der Waals surface area contributed by atoms with Crippen LogP contribution in [0.1, 0.15) is 13.8 Å². The van der Waals surface area contributed by atoms with Crippen LogP contribution in [0.5, 0.6) is 0 Å². The molecule has 0 aromatic rings. The molecule has 0 atom stereocenters. The molecule has 2 amide bonds. The average molecular weight is 232 g/mol. The second-order valence-electron chi connectivity index (χ2n) is 3.53. The highest BCUT2D eigenvalue weighted by Crippen LogP contribution is 2.14. The van der Waals surface area contributed by atoms with Crippen molar-refractivity contribution in [3.05, 3.63) is 0 Å². The summed E-state index contributed by atoms with van der Waals surface area (Å²) in [7, 11) is 0. The Labute approximate surface area is 92.6 Å². The van der Waals surface area contributed by atoms with Gasteiger partial charge in [-0.3, -0.25) is 4.79 Å². The number of nitrogens with zero attached hydrogens (tertiary/aromatic N) is 1. The first-order valence-electron chi connectivity index (χ1n) is 4.51. The Morgan fingerprint density at radius 1 is 1.44 bits per heavy atom. The first-order chi connectivity index (χ1) is 7.32. The van der Waals surface area contributed by atoms with Crippen LogP contribution >= 0.6 is 0 Å². The molecule has 0 radical (unpaired) electrons. The third-order valence-electron chi connectivity index (χ3n) is 1.95. The van der Waals surface area contributed by atoms with Crippen LogP contribution in [0.2, 0.25) is 0 Å². The second kappa shape index (κ2) is 5.79. The van der Waals surface area contributed by atoms with E-state index in [0.29, 0.717) is 0 Å². The van der Waals surface area contributed by atoms with Gasteiger partial charge in [0.1, 0.15) is 12.0 Å². The van der Waals surface area contributed by atoms with Crippen molar-refractivity contribution in [2.75, 3.05) is 13.2 Å². The molecule has 0 aliphatic heterocycles. The van der Waals surface area contributed by atoms with E-state index in [0.717, 1.165) is 0 Å². The Bertz CT molecular complexity index is 300. The van der Waals surface area contributed by atoms with Gasteiger partial charge < -0.3 is 26.7 Å². The molecule has 0 saturated heterocycles. The van der Waals surface area contributed by atoms with Crippen molar-refractivity contribution in [2.45, 2.75) is 13.8 Å². The lowest BCUT2D eigenvalue weighted by Crippen LogP contribution is -2.46. The highest BCUT2D eigenvalue weighted by Gasteiger charge is 2.32. The maximum atomic E-state index is 11.6. The molecule has 0 saturated carbocycles. The molecule has 0 spiro atoms. The zero-order valence-corrected chi connectivity index (χ0v) is 9.19. The van der Waals surface area contributed by atoms with Crippen molar-refractivity contribution in [1.82, 2.24) is 5.32 Å². The predicted octanol–water partition coefficient (Wildman–Crippen LogP) is -1.03. The van der Waals surface area contributed by atoms with Gasteiger partial charge in [-0.15, -0.1) is 0 Å². The fraction of sp³-hybridized carbons (Fsp3) is 0.625. The van der Waals surface area contributed by atoms with Crippen molar-refractivity contribution in [2.24, 2.45) is 22.0 Å². The van der Waals surface area contributed by atoms with Gasteiger partial charge in [-0.2, -0.15) is 0 Å². The molecule has 0 aliphatic rings. The lowest BCUT2D eigenvalue weighted by Gasteiger charge is -2.21. The van der Waals surface area contributed by atoms with Crippen molar-refractivity contribution in [3.8, 4) is 0 Å². The maximum absolute atomic E-state index is 11.6. The first kappa shape index (κ1) is 14.0. The molecular formula is C8H16N4O4. The lowest BCUT2D eigenvalue weighted by molar-refractivity contribution is -0.126. The van der Waals surface area contributed by atoms with Crippen molar-refractivity contribution < 1.29 is 19.5 Å². The van der Waals surface area contributed by atoms with Crippen LogP contribution in [-0.4, -0.2) is 36.2 Å². The maximum Gasteiger partial charge on any atom is 0.404 e. The zero-order chi connectivity index (χ0) is 12.8. The minimum atomic E-state index is -1.14. The molecule has 0 unspecified atom stereocenters. The number of carbonyl (C=O) groups is 2. The van der Waals surface area contributed by atoms with Crippen LogP contribution in [0, 0.1) is 5.41 Å². The number of primary amides is 1. The van der Waals surface area contributed by atoms with Gasteiger partial charge in [-0.25, -0.2) is 4.79 Å². The van der Waals surface area contributed by atoms with Gasteiger partial charge >= 0.3 is 6.09 Å². The summed E-state index contributed by atoms with van der Waals surface area (Å²) in [5.41, 5.74) is 8.92. The SMILES string of the molecule is CC(C)(C(=O)NCCOC(N)=O)C(N)=NO. The molecule has 0 bridgehead atoms. The Morgan fingerprint density at radius 3 is 2.44 bits per heavy atom. The standard InChI is InChI=1S/C8H16N4O4/c1-8(2,5(9)12-15)6(13)11-3-4-16-7(10)14/h15H,3-4H2,1-2H3,(H2,9,12)(H2,10,14)(H,11,13). The number of ether oxygens (including phenoxy) is 1. The third-order valence-corrected chi connectivity index (χ3v) is 1.95. The summed E-state index contributed by atoms with van der Waals surface area (Å²) in [5, 5.41) is 13.7. The van der Waals surface area contributed by atoms with Crippen LogP contribution < -0.4 is 16.8 Å². The van der Waals surface area contributed by atoms with E-state index in [9.17, 15) is 9.59 Å². The third kappa shape index (κ3) is 4.03. The number of hydrogen-bond acceptors (Lipinski definition) is 5. The Kier molecular flexibility index (Phi) is 5.07. The molecule has 0 aromatic heterocycles. The molecule has 6 N–H and O–H groups in total. The summed E-state index contributed by atoms with van der Waals surface area (Å²) >= 11 is 0. The fourth-order valence-corrected chi connectivity index (χ4v) is 0.778. The summed E-state index contributed by atoms with van der Waals surface area (Å²) in [6.07, 6.45) is -0.912. The van der Waals surface area contributed by atoms with Crippen LogP contribution in [0.3, 0.4) is 0 Å². The van der Waals surface area contributed by atoms with Gasteiger partial charge in [0.2, 0.25) is 5.91 Å². The molecule has 16 heavy (non-hydrogen) atoms. The number of carbonyl (C=O) groups excluding carboxylic acids is 2. The summed E-state index contributed by atoms with van der Waals surface area (Å²) in [6, 6.07) is 0. The Morgan fingerprint density at radius 2 is 2.00 bits per heavy atom. The van der Waals surface area contributed by atoms with E-state index in [2.05, 4.69) is 15.2 Å². The minimum absolute atomic E-state index is 0.0344. The van der Waals surface area contributed by atoms with Crippen LogP contribution in [0.15, 0.2) is 5.16 Å². The number of rotatable bonds is 5. The number of amides is 2. The largest absolute Gasteiger partial charge is 0.448 e. The number of hydrogen-bond donors (Lipinski definition) is 4. The van der Waals surface area contributed by atoms with Crippen molar-refractivity contribution in [1.29, 1.82) is 0 Å². The van der Waals surface area contributed by atoms with Gasteiger partial charge in [0.25, 0.3) is 0 Å². The Hall–Kier alpha value is -1.99. The topological polar surface area (TPSA) is 140 Å². The molecule has 8 nitrogen and oxygen atoms in total. The molecular weight excluding hydrogens is 216 g/mol. The van der Waals surface area contributed by atoms with Crippen LogP contribution in [0.4, 0.5) is 4.79 Å². The number of oxime groups is 1. The first-order valence-corrected chi connectivity index (χ1v) is 4.51. The number of amidine groups is 1. The highest BCUT2D eigenvalue weighted by molar-refractivity contribution is 6.05. The number of nitrogens with two attached hydrogens (primary N) is 2. The monoisotopic (exact) mass is 232 g/mol. The number of nitrogens with one attached hydrogen (secondary N) is 1. The van der Waals surface area contributed by atoms with Crippen LogP contribution in [-0.2, 0) is 9.53 Å². The molecule has 0 rings (SSSR count). The van der Waals surface area contributed by atoms with E-state index in [1.165, 1.54) is 13.8 Å². The molecule has 8 heteroatoms. The van der Waals surface area contributed by atoms with Gasteiger partial charge in [0.05, 0.1) is 6.54 Å². The summed E-state index contributed by atoms with van der Waals surface area (Å²) in [6.45, 7) is 3.05. The summed E-state index contributed by atoms with van der Waals surface area (Å²) in [5.74, 6) is -0.656. The zero-order valence-electron chi connectivity index (χ0n) is 9.19. The second-order valence-corrected chi connectivity index (χ2v) is 3.53. The van der Waals surface area contributed by atoms with E-state index >= 15 is 0 Å². The van der Waals surface area contributed by atoms with Gasteiger partial charge in [-0.05, 0) is 13.8 Å². The van der Waals surface area contributed by atoms with Crippen molar-refractivity contribution >= 4 is 17.8 Å².